The number of thioether (sulfide) groups is 1. The second-order valence-corrected chi connectivity index (χ2v) is 7.55. The van der Waals surface area contributed by atoms with Crippen LogP contribution in [0.15, 0.2) is 24.5 Å². The van der Waals surface area contributed by atoms with Crippen LogP contribution in [0.2, 0.25) is 0 Å². The molecule has 2 saturated heterocycles. The number of piperidine rings is 1. The first-order chi connectivity index (χ1) is 11.3. The SMILES string of the molecule is Cl.Cl.O=C(CC1CSCCN1)NC1CCN(Cc2ccncc2)CC1. The molecule has 1 aromatic heterocycles. The lowest BCUT2D eigenvalue weighted by Gasteiger charge is -2.32. The van der Waals surface area contributed by atoms with Crippen molar-refractivity contribution in [2.24, 2.45) is 0 Å². The van der Waals surface area contributed by atoms with Crippen LogP contribution in [0.5, 0.6) is 0 Å². The fourth-order valence-electron chi connectivity index (χ4n) is 3.24. The first kappa shape index (κ1) is 22.5. The fourth-order valence-corrected chi connectivity index (χ4v) is 4.19. The lowest BCUT2D eigenvalue weighted by atomic mass is 10.0. The van der Waals surface area contributed by atoms with E-state index in [1.165, 1.54) is 5.56 Å². The average molecular weight is 407 g/mol. The number of carbonyl (C=O) groups is 1. The van der Waals surface area contributed by atoms with Crippen LogP contribution in [0.4, 0.5) is 0 Å². The molecule has 1 amide bonds. The Balaban J connectivity index is 0.00000156. The third-order valence-electron chi connectivity index (χ3n) is 4.54. The van der Waals surface area contributed by atoms with E-state index in [9.17, 15) is 4.79 Å². The largest absolute Gasteiger partial charge is 0.353 e. The molecule has 1 aromatic rings. The van der Waals surface area contributed by atoms with E-state index in [2.05, 4.69) is 32.7 Å². The number of hydrogen-bond donors (Lipinski definition) is 2. The van der Waals surface area contributed by atoms with Gasteiger partial charge in [0.1, 0.15) is 0 Å². The van der Waals surface area contributed by atoms with E-state index in [1.807, 2.05) is 24.2 Å². The molecule has 2 N–H and O–H groups in total. The molecular weight excluding hydrogens is 379 g/mol. The predicted octanol–water partition coefficient (Wildman–Crippen LogP) is 2.10. The van der Waals surface area contributed by atoms with Gasteiger partial charge in [0.2, 0.25) is 5.91 Å². The van der Waals surface area contributed by atoms with Gasteiger partial charge in [0.05, 0.1) is 0 Å². The minimum Gasteiger partial charge on any atom is -0.353 e. The first-order valence-corrected chi connectivity index (χ1v) is 9.67. The number of rotatable bonds is 5. The second kappa shape index (κ2) is 12.0. The number of nitrogens with zero attached hydrogens (tertiary/aromatic N) is 2. The maximum Gasteiger partial charge on any atom is 0.221 e. The van der Waals surface area contributed by atoms with Crippen molar-refractivity contribution in [2.75, 3.05) is 31.1 Å². The topological polar surface area (TPSA) is 57.3 Å². The van der Waals surface area contributed by atoms with Crippen molar-refractivity contribution in [1.82, 2.24) is 20.5 Å². The third kappa shape index (κ3) is 7.71. The van der Waals surface area contributed by atoms with Crippen LogP contribution in [0.3, 0.4) is 0 Å². The Bertz CT molecular complexity index is 495. The van der Waals surface area contributed by atoms with Crippen molar-refractivity contribution < 1.29 is 4.79 Å². The molecule has 0 bridgehead atoms. The lowest BCUT2D eigenvalue weighted by Crippen LogP contribution is -2.47. The van der Waals surface area contributed by atoms with Gasteiger partial charge in [-0.1, -0.05) is 0 Å². The van der Waals surface area contributed by atoms with Crippen LogP contribution >= 0.6 is 36.6 Å². The number of carbonyl (C=O) groups excluding carboxylic acids is 1. The molecule has 5 nitrogen and oxygen atoms in total. The van der Waals surface area contributed by atoms with Gasteiger partial charge in [-0.2, -0.15) is 11.8 Å². The zero-order chi connectivity index (χ0) is 15.9. The Labute approximate surface area is 166 Å². The first-order valence-electron chi connectivity index (χ1n) is 8.51. The summed E-state index contributed by atoms with van der Waals surface area (Å²) in [5.41, 5.74) is 1.31. The third-order valence-corrected chi connectivity index (χ3v) is 5.67. The molecule has 2 fully saturated rings. The normalized spacial score (nSPS) is 21.7. The van der Waals surface area contributed by atoms with Gasteiger partial charge in [-0.15, -0.1) is 24.8 Å². The Morgan fingerprint density at radius 2 is 2.00 bits per heavy atom. The van der Waals surface area contributed by atoms with E-state index in [0.29, 0.717) is 18.5 Å². The van der Waals surface area contributed by atoms with Gasteiger partial charge in [-0.3, -0.25) is 14.7 Å². The van der Waals surface area contributed by atoms with Crippen molar-refractivity contribution in [1.29, 1.82) is 0 Å². The summed E-state index contributed by atoms with van der Waals surface area (Å²) >= 11 is 1.94. The lowest BCUT2D eigenvalue weighted by molar-refractivity contribution is -0.122. The molecule has 0 radical (unpaired) electrons. The molecule has 25 heavy (non-hydrogen) atoms. The van der Waals surface area contributed by atoms with E-state index in [0.717, 1.165) is 50.5 Å². The summed E-state index contributed by atoms with van der Waals surface area (Å²) in [5.74, 6) is 2.42. The Morgan fingerprint density at radius 1 is 1.28 bits per heavy atom. The molecular formula is C17H28Cl2N4OS. The van der Waals surface area contributed by atoms with E-state index < -0.39 is 0 Å². The highest BCUT2D eigenvalue weighted by Gasteiger charge is 2.22. The summed E-state index contributed by atoms with van der Waals surface area (Å²) in [6.07, 6.45) is 6.40. The molecule has 0 saturated carbocycles. The van der Waals surface area contributed by atoms with Crippen molar-refractivity contribution in [3.05, 3.63) is 30.1 Å². The van der Waals surface area contributed by atoms with Gasteiger partial charge in [-0.05, 0) is 30.5 Å². The number of aromatic nitrogens is 1. The number of likely N-dealkylation sites (tertiary alicyclic amines) is 1. The summed E-state index contributed by atoms with van der Waals surface area (Å²) in [5, 5.41) is 6.65. The number of amides is 1. The van der Waals surface area contributed by atoms with Crippen LogP contribution in [0.1, 0.15) is 24.8 Å². The highest BCUT2D eigenvalue weighted by atomic mass is 35.5. The van der Waals surface area contributed by atoms with Crippen molar-refractivity contribution in [3.8, 4) is 0 Å². The quantitative estimate of drug-likeness (QED) is 0.783. The smallest absolute Gasteiger partial charge is 0.221 e. The second-order valence-electron chi connectivity index (χ2n) is 6.40. The summed E-state index contributed by atoms with van der Waals surface area (Å²) in [4.78, 5) is 18.7. The minimum absolute atomic E-state index is 0. The molecule has 0 aromatic carbocycles. The molecule has 1 atom stereocenters. The molecule has 2 aliphatic heterocycles. The number of pyridine rings is 1. The Hall–Kier alpha value is -0.530. The van der Waals surface area contributed by atoms with Gasteiger partial charge >= 0.3 is 0 Å². The zero-order valence-corrected chi connectivity index (χ0v) is 16.8. The molecule has 8 heteroatoms. The van der Waals surface area contributed by atoms with Crippen LogP contribution in [-0.4, -0.2) is 59.0 Å². The van der Waals surface area contributed by atoms with Gasteiger partial charge in [0.25, 0.3) is 0 Å². The highest BCUT2D eigenvalue weighted by molar-refractivity contribution is 7.99. The number of hydrogen-bond acceptors (Lipinski definition) is 5. The van der Waals surface area contributed by atoms with E-state index in [4.69, 9.17) is 0 Å². The summed E-state index contributed by atoms with van der Waals surface area (Å²) in [7, 11) is 0. The zero-order valence-electron chi connectivity index (χ0n) is 14.4. The van der Waals surface area contributed by atoms with Crippen molar-refractivity contribution >= 4 is 42.5 Å². The maximum atomic E-state index is 12.2. The Morgan fingerprint density at radius 3 is 2.64 bits per heavy atom. The summed E-state index contributed by atoms with van der Waals surface area (Å²) in [6, 6.07) is 4.83. The van der Waals surface area contributed by atoms with Crippen LogP contribution < -0.4 is 10.6 Å². The molecule has 0 spiro atoms. The van der Waals surface area contributed by atoms with Crippen molar-refractivity contribution in [2.45, 2.75) is 37.9 Å². The summed E-state index contributed by atoms with van der Waals surface area (Å²) < 4.78 is 0. The van der Waals surface area contributed by atoms with Crippen LogP contribution in [-0.2, 0) is 11.3 Å². The van der Waals surface area contributed by atoms with Gasteiger partial charge in [-0.25, -0.2) is 0 Å². The van der Waals surface area contributed by atoms with Gasteiger partial charge in [0.15, 0.2) is 0 Å². The average Bonchev–Trinajstić information content (AvgIpc) is 2.58. The van der Waals surface area contributed by atoms with Crippen LogP contribution in [0, 0.1) is 0 Å². The molecule has 1 unspecified atom stereocenters. The molecule has 142 valence electrons. The number of halogens is 2. The van der Waals surface area contributed by atoms with E-state index in [1.54, 1.807) is 0 Å². The van der Waals surface area contributed by atoms with Crippen molar-refractivity contribution in [3.63, 3.8) is 0 Å². The van der Waals surface area contributed by atoms with Crippen LogP contribution in [0.25, 0.3) is 0 Å². The van der Waals surface area contributed by atoms with E-state index >= 15 is 0 Å². The molecule has 0 aliphatic carbocycles. The van der Waals surface area contributed by atoms with Gasteiger partial charge in [0, 0.05) is 68.6 Å². The van der Waals surface area contributed by atoms with E-state index in [-0.39, 0.29) is 30.7 Å². The monoisotopic (exact) mass is 406 g/mol. The molecule has 3 heterocycles. The van der Waals surface area contributed by atoms with Gasteiger partial charge < -0.3 is 10.6 Å². The predicted molar refractivity (Wildman–Crippen MR) is 109 cm³/mol. The standard InChI is InChI=1S/C17H26N4OS.2ClH/c22-17(11-16-13-23-10-7-19-16)20-15-3-8-21(9-4-15)12-14-1-5-18-6-2-14;;/h1-2,5-6,15-16,19H,3-4,7-13H2,(H,20,22);2*1H. The number of nitrogens with one attached hydrogen (secondary N) is 2. The fraction of sp³-hybridized carbons (Fsp3) is 0.647. The molecule has 3 rings (SSSR count). The minimum atomic E-state index is 0. The highest BCUT2D eigenvalue weighted by Crippen LogP contribution is 2.15. The molecule has 2 aliphatic rings. The Kier molecular flexibility index (Phi) is 10.8. The summed E-state index contributed by atoms with van der Waals surface area (Å²) in [6.45, 7) is 4.10. The maximum absolute atomic E-state index is 12.2.